The Hall–Kier alpha value is -1.84. The molecule has 2 rings (SSSR count). The zero-order valence-corrected chi connectivity index (χ0v) is 8.23. The van der Waals surface area contributed by atoms with Gasteiger partial charge in [0, 0.05) is 24.5 Å². The predicted octanol–water partition coefficient (Wildman–Crippen LogP) is 1.37. The van der Waals surface area contributed by atoms with Gasteiger partial charge in [0.2, 0.25) is 0 Å². The Labute approximate surface area is 82.4 Å². The molecule has 0 saturated carbocycles. The van der Waals surface area contributed by atoms with Crippen molar-refractivity contribution in [2.75, 3.05) is 5.73 Å². The zero-order valence-electron chi connectivity index (χ0n) is 8.23. The number of nitrogens with zero attached hydrogens (tertiary/aromatic N) is 3. The van der Waals surface area contributed by atoms with Crippen molar-refractivity contribution in [3.63, 3.8) is 0 Å². The minimum Gasteiger partial charge on any atom is -0.396 e. The van der Waals surface area contributed by atoms with Gasteiger partial charge in [-0.2, -0.15) is 5.10 Å². The van der Waals surface area contributed by atoms with Crippen LogP contribution >= 0.6 is 0 Å². The number of nitrogens with two attached hydrogens (primary N) is 1. The van der Waals surface area contributed by atoms with Crippen molar-refractivity contribution in [3.8, 4) is 11.3 Å². The molecule has 14 heavy (non-hydrogen) atoms. The molecule has 2 N–H and O–H groups in total. The lowest BCUT2D eigenvalue weighted by Crippen LogP contribution is -1.96. The molecule has 0 aliphatic carbocycles. The van der Waals surface area contributed by atoms with E-state index in [0.717, 1.165) is 17.0 Å². The molecule has 72 valence electrons. The van der Waals surface area contributed by atoms with Crippen LogP contribution in [-0.4, -0.2) is 14.8 Å². The first-order valence-electron chi connectivity index (χ1n) is 4.39. The van der Waals surface area contributed by atoms with E-state index in [9.17, 15) is 0 Å². The molecular weight excluding hydrogens is 176 g/mol. The molecule has 0 saturated heterocycles. The number of hydrogen-bond donors (Lipinski definition) is 1. The minimum absolute atomic E-state index is 0.693. The van der Waals surface area contributed by atoms with Crippen LogP contribution in [0.5, 0.6) is 0 Å². The number of nitrogen functional groups attached to an aromatic ring is 1. The average Bonchev–Trinajstić information content (AvgIpc) is 2.46. The largest absolute Gasteiger partial charge is 0.396 e. The fourth-order valence-electron chi connectivity index (χ4n) is 1.50. The van der Waals surface area contributed by atoms with Crippen LogP contribution in [0.25, 0.3) is 11.3 Å². The summed E-state index contributed by atoms with van der Waals surface area (Å²) >= 11 is 0. The van der Waals surface area contributed by atoms with Crippen molar-refractivity contribution in [1.82, 2.24) is 14.8 Å². The Bertz CT molecular complexity index is 439. The minimum atomic E-state index is 0.693. The molecule has 0 aliphatic heterocycles. The molecule has 0 aliphatic rings. The normalized spacial score (nSPS) is 10.4. The molecule has 2 aromatic rings. The molecule has 4 nitrogen and oxygen atoms in total. The average molecular weight is 188 g/mol. The highest BCUT2D eigenvalue weighted by atomic mass is 15.3. The monoisotopic (exact) mass is 188 g/mol. The van der Waals surface area contributed by atoms with Crippen LogP contribution in [0.3, 0.4) is 0 Å². The Morgan fingerprint density at radius 1 is 1.43 bits per heavy atom. The van der Waals surface area contributed by atoms with E-state index in [4.69, 9.17) is 5.73 Å². The number of rotatable bonds is 1. The second kappa shape index (κ2) is 3.14. The van der Waals surface area contributed by atoms with E-state index in [0.29, 0.717) is 5.69 Å². The highest BCUT2D eigenvalue weighted by Gasteiger charge is 2.07. The molecule has 0 spiro atoms. The van der Waals surface area contributed by atoms with Crippen molar-refractivity contribution in [2.24, 2.45) is 7.05 Å². The van der Waals surface area contributed by atoms with Crippen molar-refractivity contribution >= 4 is 5.69 Å². The van der Waals surface area contributed by atoms with Gasteiger partial charge < -0.3 is 5.73 Å². The second-order valence-electron chi connectivity index (χ2n) is 3.26. The van der Waals surface area contributed by atoms with Gasteiger partial charge in [-0.15, -0.1) is 0 Å². The summed E-state index contributed by atoms with van der Waals surface area (Å²) in [6.45, 7) is 1.95. The first-order valence-corrected chi connectivity index (χ1v) is 4.39. The van der Waals surface area contributed by atoms with Gasteiger partial charge in [-0.1, -0.05) is 0 Å². The molecule has 0 atom stereocenters. The fraction of sp³-hybridized carbons (Fsp3) is 0.200. The van der Waals surface area contributed by atoms with Gasteiger partial charge in [0.05, 0.1) is 17.6 Å². The van der Waals surface area contributed by atoms with Gasteiger partial charge in [-0.3, -0.25) is 9.67 Å². The number of pyridine rings is 1. The number of hydrogen-bond acceptors (Lipinski definition) is 3. The van der Waals surface area contributed by atoms with E-state index in [-0.39, 0.29) is 0 Å². The number of anilines is 1. The van der Waals surface area contributed by atoms with Crippen LogP contribution in [0.15, 0.2) is 24.5 Å². The summed E-state index contributed by atoms with van der Waals surface area (Å²) in [5.41, 5.74) is 9.48. The van der Waals surface area contributed by atoms with E-state index < -0.39 is 0 Å². The van der Waals surface area contributed by atoms with E-state index in [1.807, 2.05) is 26.1 Å². The van der Waals surface area contributed by atoms with Crippen LogP contribution in [0.4, 0.5) is 5.69 Å². The fourth-order valence-corrected chi connectivity index (χ4v) is 1.50. The van der Waals surface area contributed by atoms with Crippen molar-refractivity contribution < 1.29 is 0 Å². The van der Waals surface area contributed by atoms with E-state index >= 15 is 0 Å². The first-order chi connectivity index (χ1) is 6.68. The van der Waals surface area contributed by atoms with Crippen LogP contribution in [-0.2, 0) is 7.05 Å². The molecule has 2 aromatic heterocycles. The van der Waals surface area contributed by atoms with Crippen molar-refractivity contribution in [1.29, 1.82) is 0 Å². The summed E-state index contributed by atoms with van der Waals surface area (Å²) < 4.78 is 1.77. The van der Waals surface area contributed by atoms with E-state index in [2.05, 4.69) is 10.1 Å². The molecule has 0 aromatic carbocycles. The quantitative estimate of drug-likeness (QED) is 0.735. The van der Waals surface area contributed by atoms with Crippen LogP contribution < -0.4 is 5.73 Å². The third-order valence-corrected chi connectivity index (χ3v) is 2.14. The van der Waals surface area contributed by atoms with Gasteiger partial charge in [-0.05, 0) is 19.1 Å². The zero-order chi connectivity index (χ0) is 10.1. The summed E-state index contributed by atoms with van der Waals surface area (Å²) in [5, 5.41) is 4.09. The first kappa shape index (κ1) is 8.74. The summed E-state index contributed by atoms with van der Waals surface area (Å²) in [5.74, 6) is 0. The van der Waals surface area contributed by atoms with Crippen LogP contribution in [0.1, 0.15) is 5.69 Å². The van der Waals surface area contributed by atoms with Gasteiger partial charge in [0.1, 0.15) is 0 Å². The third-order valence-electron chi connectivity index (χ3n) is 2.14. The van der Waals surface area contributed by atoms with Crippen LogP contribution in [0.2, 0.25) is 0 Å². The molecule has 0 fully saturated rings. The molecule has 0 amide bonds. The summed E-state index contributed by atoms with van der Waals surface area (Å²) in [4.78, 5) is 4.14. The maximum atomic E-state index is 5.82. The lowest BCUT2D eigenvalue weighted by atomic mass is 10.1. The molecule has 0 bridgehead atoms. The van der Waals surface area contributed by atoms with Gasteiger partial charge in [0.25, 0.3) is 0 Å². The Morgan fingerprint density at radius 3 is 2.79 bits per heavy atom. The van der Waals surface area contributed by atoms with Gasteiger partial charge in [-0.25, -0.2) is 0 Å². The molecule has 4 heteroatoms. The Kier molecular flexibility index (Phi) is 1.96. The summed E-state index contributed by atoms with van der Waals surface area (Å²) in [6.07, 6.45) is 3.43. The van der Waals surface area contributed by atoms with Gasteiger partial charge >= 0.3 is 0 Å². The highest BCUT2D eigenvalue weighted by Crippen LogP contribution is 2.24. The smallest absolute Gasteiger partial charge is 0.0909 e. The van der Waals surface area contributed by atoms with Gasteiger partial charge in [0.15, 0.2) is 0 Å². The maximum absolute atomic E-state index is 5.82. The van der Waals surface area contributed by atoms with Crippen LogP contribution in [0, 0.1) is 6.92 Å². The Morgan fingerprint density at radius 2 is 2.21 bits per heavy atom. The number of aryl methyl sites for hydroxylation is 2. The second-order valence-corrected chi connectivity index (χ2v) is 3.26. The van der Waals surface area contributed by atoms with E-state index in [1.165, 1.54) is 0 Å². The molecule has 0 unspecified atom stereocenters. The summed E-state index contributed by atoms with van der Waals surface area (Å²) in [6, 6.07) is 3.92. The predicted molar refractivity (Wildman–Crippen MR) is 55.6 cm³/mol. The standard InChI is InChI=1S/C10H12N4/c1-7-5-8(3-4-12-7)10-9(11)6-13-14(10)2/h3-6H,11H2,1-2H3. The lowest BCUT2D eigenvalue weighted by molar-refractivity contribution is 0.775. The molecule has 2 heterocycles. The highest BCUT2D eigenvalue weighted by molar-refractivity contribution is 5.72. The lowest BCUT2D eigenvalue weighted by Gasteiger charge is -2.03. The molecular formula is C10H12N4. The molecule has 0 radical (unpaired) electrons. The van der Waals surface area contributed by atoms with E-state index in [1.54, 1.807) is 17.1 Å². The Balaban J connectivity index is 2.59. The summed E-state index contributed by atoms with van der Waals surface area (Å²) in [7, 11) is 1.88. The van der Waals surface area contributed by atoms with Crippen molar-refractivity contribution in [2.45, 2.75) is 6.92 Å². The topological polar surface area (TPSA) is 56.7 Å². The number of aromatic nitrogens is 3. The van der Waals surface area contributed by atoms with Crippen molar-refractivity contribution in [3.05, 3.63) is 30.2 Å². The maximum Gasteiger partial charge on any atom is 0.0909 e. The SMILES string of the molecule is Cc1cc(-c2c(N)cnn2C)ccn1. The third kappa shape index (κ3) is 1.35.